The van der Waals surface area contributed by atoms with Crippen molar-refractivity contribution < 1.29 is 24.3 Å². The minimum atomic E-state index is -0.625. The third-order valence-electron chi connectivity index (χ3n) is 5.62. The Bertz CT molecular complexity index is 1600. The average Bonchev–Trinajstić information content (AvgIpc) is 3.38. The highest BCUT2D eigenvalue weighted by Gasteiger charge is 2.16. The number of carbonyl (C=O) groups excluding carboxylic acids is 2. The van der Waals surface area contributed by atoms with Crippen molar-refractivity contribution in [1.29, 1.82) is 0 Å². The van der Waals surface area contributed by atoms with Crippen LogP contribution in [0.1, 0.15) is 20.7 Å². The molecule has 190 valence electrons. The van der Waals surface area contributed by atoms with E-state index >= 15 is 0 Å². The summed E-state index contributed by atoms with van der Waals surface area (Å²) in [6.45, 7) is 0. The van der Waals surface area contributed by atoms with Crippen molar-refractivity contribution in [2.45, 2.75) is 0 Å². The van der Waals surface area contributed by atoms with E-state index in [0.717, 1.165) is 0 Å². The monoisotopic (exact) mass is 509 g/mol. The van der Waals surface area contributed by atoms with Crippen LogP contribution in [0.5, 0.6) is 23.0 Å². The number of aromatic nitrogens is 3. The van der Waals surface area contributed by atoms with Gasteiger partial charge in [-0.3, -0.25) is 19.8 Å². The number of pyridine rings is 1. The molecule has 3 aromatic carbocycles. The number of aromatic amines is 1. The van der Waals surface area contributed by atoms with E-state index < -0.39 is 5.91 Å². The Hall–Kier alpha value is -5.22. The highest BCUT2D eigenvalue weighted by Crippen LogP contribution is 2.36. The molecule has 0 radical (unpaired) electrons. The van der Waals surface area contributed by atoms with Gasteiger partial charge in [0, 0.05) is 43.6 Å². The minimum absolute atomic E-state index is 0.101. The summed E-state index contributed by atoms with van der Waals surface area (Å²) in [4.78, 5) is 37.7. The molecule has 2 heterocycles. The second-order valence-corrected chi connectivity index (χ2v) is 8.51. The van der Waals surface area contributed by atoms with Gasteiger partial charge in [0.25, 0.3) is 11.8 Å². The Morgan fingerprint density at radius 3 is 2.18 bits per heavy atom. The zero-order valence-electron chi connectivity index (χ0n) is 20.5. The number of nitrogens with one attached hydrogen (secondary N) is 2. The van der Waals surface area contributed by atoms with Crippen LogP contribution in [0.25, 0.3) is 22.6 Å². The molecular formula is C28H23N5O5. The molecule has 0 saturated heterocycles. The molecule has 0 atom stereocenters. The standard InChI is InChI=1S/C28H23N5O5/c1-33(2)28(35)18-8-12-19(13-9-18)37-21-15-23-25(31-26(30-23)22-5-3-4-14-29-22)24(16-21)38-20-10-6-17(7-11-20)27(34)32-36/h3-16,36H,1-2H3,(H,30,31)(H,32,34). The van der Waals surface area contributed by atoms with Crippen molar-refractivity contribution in [3.63, 3.8) is 0 Å². The molecule has 2 amide bonds. The van der Waals surface area contributed by atoms with E-state index in [2.05, 4.69) is 9.97 Å². The fourth-order valence-corrected chi connectivity index (χ4v) is 3.75. The number of carbonyl (C=O) groups is 2. The van der Waals surface area contributed by atoms with Gasteiger partial charge >= 0.3 is 0 Å². The lowest BCUT2D eigenvalue weighted by molar-refractivity contribution is 0.0706. The van der Waals surface area contributed by atoms with Crippen molar-refractivity contribution in [3.8, 4) is 34.5 Å². The highest BCUT2D eigenvalue weighted by atomic mass is 16.5. The number of hydroxylamine groups is 1. The van der Waals surface area contributed by atoms with Gasteiger partial charge in [0.2, 0.25) is 0 Å². The predicted molar refractivity (Wildman–Crippen MR) is 140 cm³/mol. The quantitative estimate of drug-likeness (QED) is 0.207. The van der Waals surface area contributed by atoms with Gasteiger partial charge in [-0.1, -0.05) is 6.07 Å². The highest BCUT2D eigenvalue weighted by molar-refractivity contribution is 5.94. The first-order valence-corrected chi connectivity index (χ1v) is 11.6. The summed E-state index contributed by atoms with van der Waals surface area (Å²) < 4.78 is 12.2. The number of imidazole rings is 1. The van der Waals surface area contributed by atoms with E-state index in [9.17, 15) is 9.59 Å². The zero-order chi connectivity index (χ0) is 26.6. The molecule has 0 aliphatic carbocycles. The van der Waals surface area contributed by atoms with Crippen LogP contribution in [0, 0.1) is 0 Å². The fourth-order valence-electron chi connectivity index (χ4n) is 3.75. The number of fused-ring (bicyclic) bond motifs is 1. The summed E-state index contributed by atoms with van der Waals surface area (Å²) in [5.74, 6) is 1.71. The van der Waals surface area contributed by atoms with Gasteiger partial charge in [-0.15, -0.1) is 0 Å². The van der Waals surface area contributed by atoms with Crippen molar-refractivity contribution in [2.75, 3.05) is 14.1 Å². The Morgan fingerprint density at radius 1 is 0.868 bits per heavy atom. The first-order chi connectivity index (χ1) is 18.4. The molecule has 2 aromatic heterocycles. The molecule has 0 bridgehead atoms. The van der Waals surface area contributed by atoms with E-state index in [1.807, 2.05) is 18.2 Å². The molecule has 3 N–H and O–H groups in total. The molecular weight excluding hydrogens is 486 g/mol. The molecule has 0 spiro atoms. The van der Waals surface area contributed by atoms with E-state index in [1.54, 1.807) is 74.3 Å². The molecule has 0 unspecified atom stereocenters. The van der Waals surface area contributed by atoms with Gasteiger partial charge in [-0.05, 0) is 60.7 Å². The Morgan fingerprint density at radius 2 is 1.55 bits per heavy atom. The van der Waals surface area contributed by atoms with Gasteiger partial charge in [0.05, 0.1) is 5.52 Å². The molecule has 0 aliphatic rings. The largest absolute Gasteiger partial charge is 0.457 e. The number of hydrogen-bond donors (Lipinski definition) is 3. The number of amides is 2. The molecule has 0 fully saturated rings. The van der Waals surface area contributed by atoms with Gasteiger partial charge in [-0.25, -0.2) is 10.5 Å². The third-order valence-corrected chi connectivity index (χ3v) is 5.62. The Labute approximate surface area is 217 Å². The summed E-state index contributed by atoms with van der Waals surface area (Å²) in [7, 11) is 3.39. The lowest BCUT2D eigenvalue weighted by Gasteiger charge is -2.12. The third kappa shape index (κ3) is 5.15. The van der Waals surface area contributed by atoms with Gasteiger partial charge in [0.15, 0.2) is 11.6 Å². The summed E-state index contributed by atoms with van der Waals surface area (Å²) >= 11 is 0. The zero-order valence-corrected chi connectivity index (χ0v) is 20.5. The van der Waals surface area contributed by atoms with Crippen molar-refractivity contribution in [2.24, 2.45) is 0 Å². The van der Waals surface area contributed by atoms with Crippen LogP contribution in [0.3, 0.4) is 0 Å². The molecule has 5 aromatic rings. The maximum atomic E-state index is 12.2. The summed E-state index contributed by atoms with van der Waals surface area (Å²) in [5, 5.41) is 8.85. The number of nitrogens with zero attached hydrogens (tertiary/aromatic N) is 3. The second kappa shape index (κ2) is 10.4. The first kappa shape index (κ1) is 24.5. The van der Waals surface area contributed by atoms with E-state index in [-0.39, 0.29) is 11.5 Å². The Balaban J connectivity index is 1.50. The predicted octanol–water partition coefficient (Wildman–Crippen LogP) is 5.03. The lowest BCUT2D eigenvalue weighted by atomic mass is 10.2. The maximum absolute atomic E-state index is 12.2. The number of hydrogen-bond acceptors (Lipinski definition) is 7. The van der Waals surface area contributed by atoms with Crippen molar-refractivity contribution in [3.05, 3.63) is 96.2 Å². The molecule has 5 rings (SSSR count). The second-order valence-electron chi connectivity index (χ2n) is 8.51. The smallest absolute Gasteiger partial charge is 0.274 e. The van der Waals surface area contributed by atoms with Gasteiger partial charge in [-0.2, -0.15) is 0 Å². The minimum Gasteiger partial charge on any atom is -0.457 e. The first-order valence-electron chi connectivity index (χ1n) is 11.6. The summed E-state index contributed by atoms with van der Waals surface area (Å²) in [6, 6.07) is 22.2. The maximum Gasteiger partial charge on any atom is 0.274 e. The number of ether oxygens (including phenoxy) is 2. The molecule has 10 heteroatoms. The van der Waals surface area contributed by atoms with Gasteiger partial charge < -0.3 is 19.4 Å². The van der Waals surface area contributed by atoms with Crippen LogP contribution < -0.4 is 15.0 Å². The SMILES string of the molecule is CN(C)C(=O)c1ccc(Oc2cc(Oc3ccc(C(=O)NO)cc3)c3nc(-c4ccccn4)[nH]c3c2)cc1. The van der Waals surface area contributed by atoms with E-state index in [4.69, 9.17) is 19.7 Å². The lowest BCUT2D eigenvalue weighted by Crippen LogP contribution is -2.21. The van der Waals surface area contributed by atoms with E-state index in [0.29, 0.717) is 51.1 Å². The Kier molecular flexibility index (Phi) is 6.70. The molecule has 10 nitrogen and oxygen atoms in total. The number of H-pyrrole nitrogens is 1. The fraction of sp³-hybridized carbons (Fsp3) is 0.0714. The topological polar surface area (TPSA) is 130 Å². The summed E-state index contributed by atoms with van der Waals surface area (Å²) in [6.07, 6.45) is 1.68. The average molecular weight is 510 g/mol. The van der Waals surface area contributed by atoms with Crippen LogP contribution in [-0.2, 0) is 0 Å². The molecule has 38 heavy (non-hydrogen) atoms. The van der Waals surface area contributed by atoms with Crippen LogP contribution in [0.4, 0.5) is 0 Å². The number of rotatable bonds is 7. The van der Waals surface area contributed by atoms with Crippen LogP contribution >= 0.6 is 0 Å². The molecule has 0 saturated carbocycles. The normalized spacial score (nSPS) is 10.7. The van der Waals surface area contributed by atoms with Gasteiger partial charge in [0.1, 0.15) is 28.5 Å². The number of benzene rings is 3. The van der Waals surface area contributed by atoms with Crippen molar-refractivity contribution in [1.82, 2.24) is 25.3 Å². The van der Waals surface area contributed by atoms with Crippen LogP contribution in [-0.4, -0.2) is 51.0 Å². The molecule has 0 aliphatic heterocycles. The summed E-state index contributed by atoms with van der Waals surface area (Å²) in [5.41, 5.74) is 4.31. The van der Waals surface area contributed by atoms with Crippen molar-refractivity contribution >= 4 is 22.8 Å². The van der Waals surface area contributed by atoms with Crippen LogP contribution in [0.15, 0.2) is 85.1 Å². The van der Waals surface area contributed by atoms with E-state index in [1.165, 1.54) is 17.0 Å². The van der Waals surface area contributed by atoms with Crippen LogP contribution in [0.2, 0.25) is 0 Å².